The third kappa shape index (κ3) is 7.39. The number of benzene rings is 1. The minimum Gasteiger partial charge on any atom is -0.379 e. The fourth-order valence-electron chi connectivity index (χ4n) is 6.10. The van der Waals surface area contributed by atoms with Crippen molar-refractivity contribution >= 4 is 11.7 Å². The first kappa shape index (κ1) is 30.7. The number of hydrogen-bond acceptors (Lipinski definition) is 8. The Morgan fingerprint density at radius 3 is 2.71 bits per heavy atom. The van der Waals surface area contributed by atoms with Crippen LogP contribution in [0.15, 0.2) is 30.6 Å². The van der Waals surface area contributed by atoms with E-state index in [1.54, 1.807) is 13.2 Å². The highest BCUT2D eigenvalue weighted by molar-refractivity contribution is 5.94. The van der Waals surface area contributed by atoms with Gasteiger partial charge in [-0.15, -0.1) is 0 Å². The maximum atomic E-state index is 13.4. The lowest BCUT2D eigenvalue weighted by Gasteiger charge is -2.38. The van der Waals surface area contributed by atoms with Crippen molar-refractivity contribution in [1.82, 2.24) is 20.2 Å². The lowest BCUT2D eigenvalue weighted by Crippen LogP contribution is -2.54. The van der Waals surface area contributed by atoms with Crippen molar-refractivity contribution in [1.29, 1.82) is 0 Å². The van der Waals surface area contributed by atoms with Gasteiger partial charge in [-0.3, -0.25) is 4.79 Å². The number of nitrogens with zero attached hydrogens (tertiary/aromatic N) is 3. The number of likely N-dealkylation sites (tertiary alicyclic amines) is 1. The maximum absolute atomic E-state index is 13.4. The van der Waals surface area contributed by atoms with E-state index < -0.39 is 17.8 Å². The molecule has 9 nitrogen and oxygen atoms in total. The number of alkyl halides is 3. The molecular weight excluding hydrogens is 551 g/mol. The van der Waals surface area contributed by atoms with E-state index in [0.29, 0.717) is 61.3 Å². The Hall–Kier alpha value is -2.80. The number of piperidine rings is 1. The quantitative estimate of drug-likeness (QED) is 0.463. The number of rotatable bonds is 8. The second kappa shape index (κ2) is 13.7. The van der Waals surface area contributed by atoms with Gasteiger partial charge in [0.15, 0.2) is 0 Å². The van der Waals surface area contributed by atoms with Crippen LogP contribution < -0.4 is 10.6 Å². The van der Waals surface area contributed by atoms with E-state index in [0.717, 1.165) is 44.8 Å². The SMILES string of the molecule is COC1COCC[C@@H]1NC1CCN(C(=O)c2ncnc(NCC3CCC[C@H](c4cccc(C(F)(F)F)c4)O3)c2C)CC1. The van der Waals surface area contributed by atoms with E-state index in [2.05, 4.69) is 20.6 Å². The lowest BCUT2D eigenvalue weighted by molar-refractivity contribution is -0.137. The summed E-state index contributed by atoms with van der Waals surface area (Å²) in [6.07, 6.45) is 1.32. The van der Waals surface area contributed by atoms with Crippen molar-refractivity contribution < 1.29 is 32.2 Å². The second-order valence-electron chi connectivity index (χ2n) is 11.4. The van der Waals surface area contributed by atoms with Gasteiger partial charge in [0.2, 0.25) is 0 Å². The van der Waals surface area contributed by atoms with Gasteiger partial charge in [0.25, 0.3) is 5.91 Å². The summed E-state index contributed by atoms with van der Waals surface area (Å²) < 4.78 is 56.9. The van der Waals surface area contributed by atoms with Crippen LogP contribution in [0.5, 0.6) is 0 Å². The summed E-state index contributed by atoms with van der Waals surface area (Å²) in [6.45, 7) is 4.84. The Kier molecular flexibility index (Phi) is 9.97. The molecule has 4 atom stereocenters. The average Bonchev–Trinajstić information content (AvgIpc) is 3.01. The number of amides is 1. The van der Waals surface area contributed by atoms with Gasteiger partial charge in [-0.2, -0.15) is 13.2 Å². The van der Waals surface area contributed by atoms with Crippen molar-refractivity contribution in [2.24, 2.45) is 0 Å². The molecule has 1 aromatic carbocycles. The van der Waals surface area contributed by atoms with Gasteiger partial charge in [-0.25, -0.2) is 9.97 Å². The molecule has 2 N–H and O–H groups in total. The molecule has 5 rings (SSSR count). The van der Waals surface area contributed by atoms with E-state index in [1.807, 2.05) is 11.8 Å². The van der Waals surface area contributed by atoms with Crippen LogP contribution in [0.2, 0.25) is 0 Å². The number of carbonyl (C=O) groups excluding carboxylic acids is 1. The van der Waals surface area contributed by atoms with Crippen LogP contribution in [0.4, 0.5) is 19.0 Å². The first-order valence-electron chi connectivity index (χ1n) is 14.8. The fraction of sp³-hybridized carbons (Fsp3) is 0.633. The van der Waals surface area contributed by atoms with Crippen LogP contribution >= 0.6 is 0 Å². The van der Waals surface area contributed by atoms with Crippen molar-refractivity contribution in [3.8, 4) is 0 Å². The standard InChI is InChI=1S/C30H40F3N5O4/c1-19-27(29(39)38-12-9-22(10-13-38)37-24-11-14-41-17-26(24)40-2)35-18-36-28(19)34-16-23-7-4-8-25(42-23)20-5-3-6-21(15-20)30(31,32)33/h3,5-6,15,18,22-26,37H,4,7-14,16-17H2,1-2H3,(H,34,35,36)/t23?,24-,25+,26?/m0/s1. The molecule has 42 heavy (non-hydrogen) atoms. The Morgan fingerprint density at radius 1 is 1.14 bits per heavy atom. The first-order valence-corrected chi connectivity index (χ1v) is 14.8. The van der Waals surface area contributed by atoms with Gasteiger partial charge in [-0.1, -0.05) is 12.1 Å². The summed E-state index contributed by atoms with van der Waals surface area (Å²) in [5, 5.41) is 7.00. The maximum Gasteiger partial charge on any atom is 0.416 e. The number of methoxy groups -OCH3 is 1. The molecule has 2 aromatic rings. The molecule has 0 bridgehead atoms. The zero-order valence-corrected chi connectivity index (χ0v) is 24.2. The molecule has 0 radical (unpaired) electrons. The Morgan fingerprint density at radius 2 is 1.95 bits per heavy atom. The highest BCUT2D eigenvalue weighted by atomic mass is 19.4. The predicted octanol–water partition coefficient (Wildman–Crippen LogP) is 4.52. The highest BCUT2D eigenvalue weighted by Gasteiger charge is 2.33. The molecule has 1 aromatic heterocycles. The molecule has 4 heterocycles. The third-order valence-corrected chi connectivity index (χ3v) is 8.56. The van der Waals surface area contributed by atoms with E-state index in [9.17, 15) is 18.0 Å². The van der Waals surface area contributed by atoms with Crippen LogP contribution in [-0.2, 0) is 20.4 Å². The van der Waals surface area contributed by atoms with Gasteiger partial charge in [0.1, 0.15) is 17.8 Å². The smallest absolute Gasteiger partial charge is 0.379 e. The molecule has 3 aliphatic heterocycles. The number of ether oxygens (including phenoxy) is 3. The zero-order chi connectivity index (χ0) is 29.7. The summed E-state index contributed by atoms with van der Waals surface area (Å²) in [4.78, 5) is 23.9. The minimum atomic E-state index is -4.39. The second-order valence-corrected chi connectivity index (χ2v) is 11.4. The normalized spacial score (nSPS) is 25.8. The monoisotopic (exact) mass is 591 g/mol. The average molecular weight is 592 g/mol. The summed E-state index contributed by atoms with van der Waals surface area (Å²) in [5.74, 6) is 0.440. The number of nitrogens with one attached hydrogen (secondary N) is 2. The zero-order valence-electron chi connectivity index (χ0n) is 24.2. The van der Waals surface area contributed by atoms with E-state index in [-0.39, 0.29) is 24.2 Å². The van der Waals surface area contributed by atoms with E-state index >= 15 is 0 Å². The summed E-state index contributed by atoms with van der Waals surface area (Å²) >= 11 is 0. The summed E-state index contributed by atoms with van der Waals surface area (Å²) in [7, 11) is 1.71. The van der Waals surface area contributed by atoms with Crippen molar-refractivity contribution in [3.63, 3.8) is 0 Å². The molecule has 2 unspecified atom stereocenters. The van der Waals surface area contributed by atoms with Crippen molar-refractivity contribution in [2.45, 2.75) is 82.0 Å². The topological polar surface area (TPSA) is 97.8 Å². The van der Waals surface area contributed by atoms with Gasteiger partial charge < -0.3 is 29.7 Å². The molecule has 0 aliphatic carbocycles. The Labute approximate surface area is 244 Å². The molecule has 1 amide bonds. The van der Waals surface area contributed by atoms with Crippen LogP contribution in [-0.4, -0.2) is 85.0 Å². The van der Waals surface area contributed by atoms with Crippen LogP contribution in [0.3, 0.4) is 0 Å². The van der Waals surface area contributed by atoms with Crippen LogP contribution in [0.25, 0.3) is 0 Å². The first-order chi connectivity index (χ1) is 20.2. The number of hydrogen-bond donors (Lipinski definition) is 2. The molecule has 230 valence electrons. The van der Waals surface area contributed by atoms with E-state index in [1.165, 1.54) is 18.5 Å². The third-order valence-electron chi connectivity index (χ3n) is 8.56. The predicted molar refractivity (Wildman–Crippen MR) is 150 cm³/mol. The van der Waals surface area contributed by atoms with Gasteiger partial charge in [0.05, 0.1) is 30.5 Å². The van der Waals surface area contributed by atoms with Gasteiger partial charge >= 0.3 is 6.18 Å². The largest absolute Gasteiger partial charge is 0.416 e. The summed E-state index contributed by atoms with van der Waals surface area (Å²) in [5.41, 5.74) is 0.899. The Balaban J connectivity index is 1.14. The van der Waals surface area contributed by atoms with E-state index in [4.69, 9.17) is 14.2 Å². The lowest BCUT2D eigenvalue weighted by atomic mass is 9.97. The molecule has 0 spiro atoms. The highest BCUT2D eigenvalue weighted by Crippen LogP contribution is 2.35. The number of anilines is 1. The molecule has 3 aliphatic rings. The van der Waals surface area contributed by atoms with Gasteiger partial charge in [-0.05, 0) is 63.1 Å². The number of halogens is 3. The number of carbonyl (C=O) groups is 1. The molecule has 12 heteroatoms. The van der Waals surface area contributed by atoms with Crippen LogP contribution in [0, 0.1) is 6.92 Å². The van der Waals surface area contributed by atoms with Crippen molar-refractivity contribution in [2.75, 3.05) is 45.3 Å². The molecule has 3 saturated heterocycles. The minimum absolute atomic E-state index is 0.0403. The fourth-order valence-corrected chi connectivity index (χ4v) is 6.10. The Bertz CT molecular complexity index is 1210. The van der Waals surface area contributed by atoms with Gasteiger partial charge in [0, 0.05) is 51.0 Å². The number of aromatic nitrogens is 2. The molecular formula is C30H40F3N5O4. The molecule has 3 fully saturated rings. The summed E-state index contributed by atoms with van der Waals surface area (Å²) in [6, 6.07) is 5.92. The van der Waals surface area contributed by atoms with Crippen LogP contribution in [0.1, 0.15) is 71.8 Å². The van der Waals surface area contributed by atoms with Crippen molar-refractivity contribution in [3.05, 3.63) is 53.0 Å². The molecule has 0 saturated carbocycles.